The van der Waals surface area contributed by atoms with E-state index in [1.807, 2.05) is 6.08 Å². The van der Waals surface area contributed by atoms with Crippen LogP contribution in [0.4, 0.5) is 0 Å². The van der Waals surface area contributed by atoms with Crippen molar-refractivity contribution in [1.82, 2.24) is 0 Å². The summed E-state index contributed by atoms with van der Waals surface area (Å²) in [7, 11) is 0. The third-order valence-electron chi connectivity index (χ3n) is 3.53. The number of benzene rings is 1. The highest BCUT2D eigenvalue weighted by atomic mass is 14.2. The number of hydrogen-bond acceptors (Lipinski definition) is 0. The lowest BCUT2D eigenvalue weighted by Gasteiger charge is -2.17. The minimum absolute atomic E-state index is 1.21. The zero-order valence-electron chi connectivity index (χ0n) is 12.7. The first-order valence-electron chi connectivity index (χ1n) is 6.76. The first-order valence-corrected chi connectivity index (χ1v) is 6.76. The molecule has 0 saturated carbocycles. The van der Waals surface area contributed by atoms with Crippen molar-refractivity contribution in [2.24, 2.45) is 0 Å². The molecule has 0 N–H and O–H groups in total. The molecule has 0 spiro atoms. The van der Waals surface area contributed by atoms with Crippen molar-refractivity contribution in [1.29, 1.82) is 0 Å². The Bertz CT molecular complexity index is 551. The Balaban J connectivity index is 3.59. The molecule has 0 atom stereocenters. The molecule has 0 heteroatoms. The van der Waals surface area contributed by atoms with Crippen LogP contribution in [0.5, 0.6) is 0 Å². The van der Waals surface area contributed by atoms with E-state index in [4.69, 9.17) is 0 Å². The molecule has 0 aliphatic carbocycles. The Morgan fingerprint density at radius 1 is 1.05 bits per heavy atom. The van der Waals surface area contributed by atoms with E-state index in [1.165, 1.54) is 33.4 Å². The lowest BCUT2D eigenvalue weighted by Crippen LogP contribution is -1.97. The zero-order valence-corrected chi connectivity index (χ0v) is 12.7. The highest BCUT2D eigenvalue weighted by Gasteiger charge is 2.12. The van der Waals surface area contributed by atoms with Crippen LogP contribution >= 0.6 is 0 Å². The number of allylic oxidation sites excluding steroid dienone is 7. The molecule has 0 aromatic heterocycles. The molecule has 0 amide bonds. The van der Waals surface area contributed by atoms with Gasteiger partial charge in [-0.3, -0.25) is 0 Å². The van der Waals surface area contributed by atoms with Crippen LogP contribution in [0.3, 0.4) is 0 Å². The molecule has 0 aliphatic rings. The Morgan fingerprint density at radius 3 is 2.16 bits per heavy atom. The normalized spacial score (nSPS) is 14.2. The lowest BCUT2D eigenvalue weighted by atomic mass is 9.87. The van der Waals surface area contributed by atoms with Gasteiger partial charge in [-0.05, 0) is 68.0 Å². The highest BCUT2D eigenvalue weighted by molar-refractivity contribution is 5.87. The molecule has 1 aromatic carbocycles. The van der Waals surface area contributed by atoms with Gasteiger partial charge in [-0.25, -0.2) is 0 Å². The Morgan fingerprint density at radius 2 is 1.68 bits per heavy atom. The number of hydrogen-bond donors (Lipinski definition) is 0. The minimum atomic E-state index is 1.21. The van der Waals surface area contributed by atoms with Gasteiger partial charge in [-0.15, -0.1) is 0 Å². The molecule has 19 heavy (non-hydrogen) atoms. The molecular weight excluding hydrogens is 228 g/mol. The van der Waals surface area contributed by atoms with Crippen molar-refractivity contribution in [3.63, 3.8) is 0 Å². The smallest absolute Gasteiger partial charge is 0.00805 e. The first kappa shape index (κ1) is 15.2. The predicted molar refractivity (Wildman–Crippen MR) is 87.2 cm³/mol. The van der Waals surface area contributed by atoms with Gasteiger partial charge in [0, 0.05) is 0 Å². The average Bonchev–Trinajstić information content (AvgIpc) is 2.44. The van der Waals surface area contributed by atoms with E-state index >= 15 is 0 Å². The molecule has 0 saturated heterocycles. The van der Waals surface area contributed by atoms with Crippen LogP contribution in [0.15, 0.2) is 65.8 Å². The molecule has 1 aromatic rings. The van der Waals surface area contributed by atoms with Gasteiger partial charge in [0.2, 0.25) is 0 Å². The first-order chi connectivity index (χ1) is 9.06. The van der Waals surface area contributed by atoms with Crippen LogP contribution in [0.1, 0.15) is 38.8 Å². The predicted octanol–water partition coefficient (Wildman–Crippen LogP) is 5.87. The fraction of sp³-hybridized carbons (Fsp3) is 0.263. The van der Waals surface area contributed by atoms with E-state index in [0.29, 0.717) is 0 Å². The van der Waals surface area contributed by atoms with Gasteiger partial charge in [0.15, 0.2) is 0 Å². The van der Waals surface area contributed by atoms with Gasteiger partial charge in [-0.2, -0.15) is 0 Å². The van der Waals surface area contributed by atoms with Crippen LogP contribution in [-0.4, -0.2) is 0 Å². The molecule has 1 rings (SSSR count). The summed E-state index contributed by atoms with van der Waals surface area (Å²) < 4.78 is 0. The van der Waals surface area contributed by atoms with Crippen molar-refractivity contribution in [2.45, 2.75) is 34.6 Å². The Hall–Kier alpha value is -1.82. The van der Waals surface area contributed by atoms with Crippen LogP contribution in [0, 0.1) is 6.92 Å². The minimum Gasteiger partial charge on any atom is -0.0988 e. The summed E-state index contributed by atoms with van der Waals surface area (Å²) in [6, 6.07) is 8.52. The third-order valence-corrected chi connectivity index (χ3v) is 3.53. The van der Waals surface area contributed by atoms with Gasteiger partial charge < -0.3 is 0 Å². The van der Waals surface area contributed by atoms with Crippen molar-refractivity contribution in [3.8, 4) is 0 Å². The standard InChI is InChI=1S/C19H24/c1-7-14(4)17(9-3)19(15(5)8-2)18-13-11-10-12-16(18)6/h7-13H,2H2,1,3-6H3/b14-7-,17-9+,19-15-. The van der Waals surface area contributed by atoms with Crippen molar-refractivity contribution in [3.05, 3.63) is 76.9 Å². The summed E-state index contributed by atoms with van der Waals surface area (Å²) in [5.74, 6) is 0. The molecule has 0 nitrogen and oxygen atoms in total. The van der Waals surface area contributed by atoms with Crippen LogP contribution < -0.4 is 0 Å². The van der Waals surface area contributed by atoms with Gasteiger partial charge in [0.25, 0.3) is 0 Å². The van der Waals surface area contributed by atoms with E-state index < -0.39 is 0 Å². The van der Waals surface area contributed by atoms with E-state index in [1.54, 1.807) is 0 Å². The topological polar surface area (TPSA) is 0 Å². The molecule has 0 aliphatic heterocycles. The summed E-state index contributed by atoms with van der Waals surface area (Å²) in [5.41, 5.74) is 7.65. The van der Waals surface area contributed by atoms with Crippen LogP contribution in [0.2, 0.25) is 0 Å². The van der Waals surface area contributed by atoms with Gasteiger partial charge in [-0.1, -0.05) is 49.1 Å². The molecule has 100 valence electrons. The second-order valence-electron chi connectivity index (χ2n) is 4.75. The van der Waals surface area contributed by atoms with E-state index in [2.05, 4.69) is 77.6 Å². The Kier molecular flexibility index (Phi) is 5.57. The largest absolute Gasteiger partial charge is 0.0988 e. The van der Waals surface area contributed by atoms with Crippen LogP contribution in [-0.2, 0) is 0 Å². The highest BCUT2D eigenvalue weighted by Crippen LogP contribution is 2.33. The molecule has 0 bridgehead atoms. The fourth-order valence-corrected chi connectivity index (χ4v) is 2.25. The van der Waals surface area contributed by atoms with Gasteiger partial charge in [0.05, 0.1) is 0 Å². The summed E-state index contributed by atoms with van der Waals surface area (Å²) >= 11 is 0. The van der Waals surface area contributed by atoms with E-state index in [-0.39, 0.29) is 0 Å². The quantitative estimate of drug-likeness (QED) is 0.588. The van der Waals surface area contributed by atoms with E-state index in [9.17, 15) is 0 Å². The second kappa shape index (κ2) is 6.94. The third kappa shape index (κ3) is 3.35. The summed E-state index contributed by atoms with van der Waals surface area (Å²) in [4.78, 5) is 0. The summed E-state index contributed by atoms with van der Waals surface area (Å²) in [6.07, 6.45) is 6.28. The lowest BCUT2D eigenvalue weighted by molar-refractivity contribution is 1.33. The monoisotopic (exact) mass is 252 g/mol. The van der Waals surface area contributed by atoms with Crippen molar-refractivity contribution < 1.29 is 0 Å². The summed E-state index contributed by atoms with van der Waals surface area (Å²) in [5, 5.41) is 0. The number of rotatable bonds is 4. The van der Waals surface area contributed by atoms with Gasteiger partial charge >= 0.3 is 0 Å². The second-order valence-corrected chi connectivity index (χ2v) is 4.75. The zero-order chi connectivity index (χ0) is 14.4. The maximum Gasteiger partial charge on any atom is -0.00805 e. The van der Waals surface area contributed by atoms with Gasteiger partial charge in [0.1, 0.15) is 0 Å². The molecule has 0 unspecified atom stereocenters. The molecule has 0 fully saturated rings. The SMILES string of the molecule is C=C/C(C)=C(C(=C/C)/C(C)=C\C)\c1ccccc1C. The Labute approximate surface area is 117 Å². The molecular formula is C19H24. The van der Waals surface area contributed by atoms with Crippen molar-refractivity contribution >= 4 is 5.57 Å². The molecule has 0 radical (unpaired) electrons. The maximum atomic E-state index is 3.93. The summed E-state index contributed by atoms with van der Waals surface area (Å²) in [6.45, 7) is 14.5. The van der Waals surface area contributed by atoms with Crippen LogP contribution in [0.25, 0.3) is 5.57 Å². The van der Waals surface area contributed by atoms with E-state index in [0.717, 1.165) is 0 Å². The van der Waals surface area contributed by atoms with Crippen molar-refractivity contribution in [2.75, 3.05) is 0 Å². The average molecular weight is 252 g/mol. The molecule has 0 heterocycles. The fourth-order valence-electron chi connectivity index (χ4n) is 2.25. The number of aryl methyl sites for hydroxylation is 1. The maximum absolute atomic E-state index is 3.93.